The Balaban J connectivity index is 1.96. The van der Waals surface area contributed by atoms with Crippen molar-refractivity contribution in [2.45, 2.75) is 31.9 Å². The number of carbonyl (C=O) groups is 1. The van der Waals surface area contributed by atoms with Crippen LogP contribution in [0.3, 0.4) is 0 Å². The van der Waals surface area contributed by atoms with Crippen LogP contribution in [-0.2, 0) is 20.7 Å². The van der Waals surface area contributed by atoms with E-state index in [-0.39, 0.29) is 17.9 Å². The third kappa shape index (κ3) is 3.55. The average Bonchev–Trinajstić information content (AvgIpc) is 2.87. The van der Waals surface area contributed by atoms with Gasteiger partial charge in [0.05, 0.1) is 19.3 Å². The first-order valence-corrected chi connectivity index (χ1v) is 6.85. The molecule has 0 radical (unpaired) electrons. The number of nitrogens with zero attached hydrogens (tertiary/aromatic N) is 1. The molecule has 1 N–H and O–H groups in total. The monoisotopic (exact) mass is 278 g/mol. The Labute approximate surface area is 119 Å². The zero-order chi connectivity index (χ0) is 14.6. The lowest BCUT2D eigenvalue weighted by Crippen LogP contribution is -2.50. The third-order valence-corrected chi connectivity index (χ3v) is 3.82. The Morgan fingerprint density at radius 3 is 2.80 bits per heavy atom. The highest BCUT2D eigenvalue weighted by Crippen LogP contribution is 2.20. The van der Waals surface area contributed by atoms with Gasteiger partial charge in [-0.25, -0.2) is 0 Å². The van der Waals surface area contributed by atoms with Crippen molar-refractivity contribution in [2.24, 2.45) is 5.92 Å². The lowest BCUT2D eigenvalue weighted by molar-refractivity contribution is -0.140. The fourth-order valence-electron chi connectivity index (χ4n) is 2.22. The Bertz CT molecular complexity index is 448. The molecule has 0 unspecified atom stereocenters. The van der Waals surface area contributed by atoms with Gasteiger partial charge in [-0.05, 0) is 38.0 Å². The number of hydrogen-bond donors (Lipinski definition) is 1. The molecule has 1 amide bonds. The number of nitrogens with one attached hydrogen (secondary N) is 1. The number of ether oxygens (including phenoxy) is 2. The minimum Gasteiger partial charge on any atom is -0.379 e. The van der Waals surface area contributed by atoms with E-state index in [1.54, 1.807) is 33.4 Å². The zero-order valence-corrected chi connectivity index (χ0v) is 12.3. The summed E-state index contributed by atoms with van der Waals surface area (Å²) in [5.41, 5.74) is 0.393. The van der Waals surface area contributed by atoms with Crippen LogP contribution in [-0.4, -0.2) is 42.9 Å². The lowest BCUT2D eigenvalue weighted by atomic mass is 9.94. The molecule has 1 aromatic rings. The number of methoxy groups -OCH3 is 1. The lowest BCUT2D eigenvalue weighted by Gasteiger charge is -2.26. The van der Waals surface area contributed by atoms with Gasteiger partial charge in [0.1, 0.15) is 5.60 Å². The van der Waals surface area contributed by atoms with Gasteiger partial charge in [-0.15, -0.1) is 0 Å². The molecule has 2 rings (SSSR count). The first-order chi connectivity index (χ1) is 9.53. The summed E-state index contributed by atoms with van der Waals surface area (Å²) in [6, 6.07) is 4.03. The van der Waals surface area contributed by atoms with Gasteiger partial charge < -0.3 is 14.8 Å². The van der Waals surface area contributed by atoms with Crippen LogP contribution in [0.5, 0.6) is 0 Å². The molecule has 2 heterocycles. The normalized spacial score (nSPS) is 22.8. The van der Waals surface area contributed by atoms with E-state index >= 15 is 0 Å². The van der Waals surface area contributed by atoms with Gasteiger partial charge >= 0.3 is 0 Å². The van der Waals surface area contributed by atoms with Crippen molar-refractivity contribution in [3.05, 3.63) is 30.1 Å². The molecular weight excluding hydrogens is 256 g/mol. The summed E-state index contributed by atoms with van der Waals surface area (Å²) in [7, 11) is 1.54. The molecule has 0 saturated carbocycles. The van der Waals surface area contributed by atoms with Crippen molar-refractivity contribution < 1.29 is 14.3 Å². The molecule has 0 aromatic carbocycles. The zero-order valence-electron chi connectivity index (χ0n) is 12.3. The molecule has 1 aromatic heterocycles. The molecule has 5 nitrogen and oxygen atoms in total. The Hall–Kier alpha value is -1.46. The quantitative estimate of drug-likeness (QED) is 0.878. The van der Waals surface area contributed by atoms with Gasteiger partial charge in [0.25, 0.3) is 5.91 Å². The van der Waals surface area contributed by atoms with Crippen LogP contribution >= 0.6 is 0 Å². The highest BCUT2D eigenvalue weighted by atomic mass is 16.5. The third-order valence-electron chi connectivity index (χ3n) is 3.82. The van der Waals surface area contributed by atoms with E-state index in [9.17, 15) is 4.79 Å². The molecule has 20 heavy (non-hydrogen) atoms. The van der Waals surface area contributed by atoms with Gasteiger partial charge in [0.2, 0.25) is 0 Å². The van der Waals surface area contributed by atoms with Crippen molar-refractivity contribution in [1.82, 2.24) is 10.3 Å². The highest BCUT2D eigenvalue weighted by molar-refractivity contribution is 5.84. The number of carbonyl (C=O) groups excluding carboxylic acids is 1. The molecule has 0 aliphatic carbocycles. The molecule has 2 atom stereocenters. The van der Waals surface area contributed by atoms with E-state index in [2.05, 4.69) is 10.3 Å². The molecule has 1 aliphatic heterocycles. The van der Waals surface area contributed by atoms with Gasteiger partial charge in [0.15, 0.2) is 0 Å². The van der Waals surface area contributed by atoms with Crippen molar-refractivity contribution in [3.63, 3.8) is 0 Å². The number of rotatable bonds is 5. The Morgan fingerprint density at radius 2 is 2.15 bits per heavy atom. The number of amides is 1. The fourth-order valence-corrected chi connectivity index (χ4v) is 2.22. The highest BCUT2D eigenvalue weighted by Gasteiger charge is 2.34. The maximum Gasteiger partial charge on any atom is 0.251 e. The van der Waals surface area contributed by atoms with Crippen LogP contribution in [0.1, 0.15) is 19.4 Å². The first kappa shape index (κ1) is 14.9. The van der Waals surface area contributed by atoms with Crippen LogP contribution in [0.2, 0.25) is 0 Å². The van der Waals surface area contributed by atoms with E-state index in [1.807, 2.05) is 12.1 Å². The van der Waals surface area contributed by atoms with Crippen LogP contribution in [0, 0.1) is 5.92 Å². The molecular formula is C15H22N2O3. The molecule has 1 aliphatic rings. The second-order valence-electron chi connectivity index (χ2n) is 5.65. The predicted octanol–water partition coefficient (Wildman–Crippen LogP) is 1.18. The van der Waals surface area contributed by atoms with Crippen molar-refractivity contribution in [1.29, 1.82) is 0 Å². The molecule has 1 saturated heterocycles. The van der Waals surface area contributed by atoms with Crippen LogP contribution < -0.4 is 5.32 Å². The maximum absolute atomic E-state index is 12.1. The Morgan fingerprint density at radius 1 is 1.45 bits per heavy atom. The van der Waals surface area contributed by atoms with Crippen molar-refractivity contribution in [3.8, 4) is 0 Å². The summed E-state index contributed by atoms with van der Waals surface area (Å²) >= 11 is 0. The summed E-state index contributed by atoms with van der Waals surface area (Å²) in [5, 5.41) is 3.04. The van der Waals surface area contributed by atoms with E-state index in [0.717, 1.165) is 6.42 Å². The largest absolute Gasteiger partial charge is 0.379 e. The number of aromatic nitrogens is 1. The van der Waals surface area contributed by atoms with Crippen molar-refractivity contribution in [2.75, 3.05) is 20.3 Å². The van der Waals surface area contributed by atoms with E-state index in [1.165, 1.54) is 5.56 Å². The second-order valence-corrected chi connectivity index (χ2v) is 5.65. The molecule has 0 bridgehead atoms. The summed E-state index contributed by atoms with van der Waals surface area (Å²) in [6.45, 7) is 4.74. The minimum atomic E-state index is -0.816. The summed E-state index contributed by atoms with van der Waals surface area (Å²) in [6.07, 6.45) is 4.44. The van der Waals surface area contributed by atoms with Crippen LogP contribution in [0.25, 0.3) is 0 Å². The topological polar surface area (TPSA) is 60.5 Å². The predicted molar refractivity (Wildman–Crippen MR) is 75.3 cm³/mol. The first-order valence-electron chi connectivity index (χ1n) is 6.85. The van der Waals surface area contributed by atoms with Crippen LogP contribution in [0.4, 0.5) is 0 Å². The Kier molecular flexibility index (Phi) is 4.73. The van der Waals surface area contributed by atoms with Crippen molar-refractivity contribution >= 4 is 5.91 Å². The molecule has 5 heteroatoms. The number of pyridine rings is 1. The molecule has 0 spiro atoms. The van der Waals surface area contributed by atoms with Gasteiger partial charge in [-0.2, -0.15) is 0 Å². The van der Waals surface area contributed by atoms with E-state index < -0.39 is 5.60 Å². The standard InChI is InChI=1S/C15H22N2O3/c1-15(2,19-3)14(18)17-13-10-20-9-12(13)8-11-4-6-16-7-5-11/h4-7,12-13H,8-10H2,1-3H3,(H,17,18)/t12-,13+/m1/s1. The summed E-state index contributed by atoms with van der Waals surface area (Å²) in [4.78, 5) is 16.2. The minimum absolute atomic E-state index is 0.0325. The summed E-state index contributed by atoms with van der Waals surface area (Å²) < 4.78 is 10.7. The summed E-state index contributed by atoms with van der Waals surface area (Å²) in [5.74, 6) is 0.184. The van der Waals surface area contributed by atoms with Gasteiger partial charge in [-0.1, -0.05) is 0 Å². The number of hydrogen-bond acceptors (Lipinski definition) is 4. The SMILES string of the molecule is COC(C)(C)C(=O)N[C@H]1COC[C@H]1Cc1ccncc1. The smallest absolute Gasteiger partial charge is 0.251 e. The van der Waals surface area contributed by atoms with Crippen LogP contribution in [0.15, 0.2) is 24.5 Å². The fraction of sp³-hybridized carbons (Fsp3) is 0.600. The molecule has 1 fully saturated rings. The average molecular weight is 278 g/mol. The van der Waals surface area contributed by atoms with Gasteiger partial charge in [0, 0.05) is 25.4 Å². The molecule has 110 valence electrons. The van der Waals surface area contributed by atoms with Gasteiger partial charge in [-0.3, -0.25) is 9.78 Å². The maximum atomic E-state index is 12.1. The second kappa shape index (κ2) is 6.33. The van der Waals surface area contributed by atoms with E-state index in [4.69, 9.17) is 9.47 Å². The van der Waals surface area contributed by atoms with E-state index in [0.29, 0.717) is 13.2 Å².